The predicted molar refractivity (Wildman–Crippen MR) is 107 cm³/mol. The lowest BCUT2D eigenvalue weighted by Gasteiger charge is -2.22. The van der Waals surface area contributed by atoms with Gasteiger partial charge in [0, 0.05) is 18.2 Å². The van der Waals surface area contributed by atoms with E-state index < -0.39 is 0 Å². The maximum Gasteiger partial charge on any atom is 0.277 e. The van der Waals surface area contributed by atoms with Crippen molar-refractivity contribution in [1.82, 2.24) is 15.1 Å². The van der Waals surface area contributed by atoms with E-state index in [1.807, 2.05) is 59.5 Å². The standard InChI is InChI=1S/C21H21N3O3S/c1-26-18-11-7-15(8-12-18)13-24(17-9-10-17)19(25)14-28-21-23-22-20(27-21)16-5-3-2-4-6-16/h2-8,11-12,17H,9-10,13-14H2,1H3. The van der Waals surface area contributed by atoms with Crippen molar-refractivity contribution in [2.75, 3.05) is 12.9 Å². The Labute approximate surface area is 167 Å². The SMILES string of the molecule is COc1ccc(CN(C(=O)CSc2nnc(-c3ccccc3)o2)C2CC2)cc1. The first kappa shape index (κ1) is 18.6. The molecule has 1 saturated carbocycles. The number of aromatic nitrogens is 2. The maximum atomic E-state index is 12.8. The third-order valence-electron chi connectivity index (χ3n) is 4.57. The van der Waals surface area contributed by atoms with Crippen molar-refractivity contribution in [1.29, 1.82) is 0 Å². The molecule has 28 heavy (non-hydrogen) atoms. The number of benzene rings is 2. The molecule has 0 bridgehead atoms. The molecule has 1 aromatic heterocycles. The van der Waals surface area contributed by atoms with Crippen molar-refractivity contribution >= 4 is 17.7 Å². The summed E-state index contributed by atoms with van der Waals surface area (Å²) in [5.41, 5.74) is 1.96. The third-order valence-corrected chi connectivity index (χ3v) is 5.37. The smallest absolute Gasteiger partial charge is 0.277 e. The van der Waals surface area contributed by atoms with E-state index in [2.05, 4.69) is 10.2 Å². The molecule has 3 aromatic rings. The first-order chi connectivity index (χ1) is 13.7. The van der Waals surface area contributed by atoms with E-state index in [1.165, 1.54) is 11.8 Å². The van der Waals surface area contributed by atoms with Gasteiger partial charge in [-0.25, -0.2) is 0 Å². The van der Waals surface area contributed by atoms with Crippen LogP contribution >= 0.6 is 11.8 Å². The highest BCUT2D eigenvalue weighted by Gasteiger charge is 2.32. The summed E-state index contributed by atoms with van der Waals surface area (Å²) in [5, 5.41) is 8.53. The van der Waals surface area contributed by atoms with Crippen molar-refractivity contribution < 1.29 is 13.9 Å². The molecule has 7 heteroatoms. The van der Waals surface area contributed by atoms with E-state index in [-0.39, 0.29) is 11.7 Å². The third kappa shape index (κ3) is 4.54. The Morgan fingerprint density at radius 3 is 2.57 bits per heavy atom. The number of methoxy groups -OCH3 is 1. The maximum absolute atomic E-state index is 12.8. The highest BCUT2D eigenvalue weighted by Crippen LogP contribution is 2.30. The lowest BCUT2D eigenvalue weighted by atomic mass is 10.2. The van der Waals surface area contributed by atoms with E-state index in [0.29, 0.717) is 23.7 Å². The zero-order chi connectivity index (χ0) is 19.3. The molecule has 1 aliphatic carbocycles. The molecular weight excluding hydrogens is 374 g/mol. The van der Waals surface area contributed by atoms with E-state index in [4.69, 9.17) is 9.15 Å². The number of rotatable bonds is 8. The van der Waals surface area contributed by atoms with Crippen LogP contribution in [0.25, 0.3) is 11.5 Å². The summed E-state index contributed by atoms with van der Waals surface area (Å²) < 4.78 is 10.9. The molecule has 144 valence electrons. The first-order valence-corrected chi connectivity index (χ1v) is 10.2. The van der Waals surface area contributed by atoms with Gasteiger partial charge in [0.2, 0.25) is 11.8 Å². The Bertz CT molecular complexity index is 924. The van der Waals surface area contributed by atoms with Gasteiger partial charge in [0.05, 0.1) is 12.9 Å². The van der Waals surface area contributed by atoms with Crippen molar-refractivity contribution in [2.24, 2.45) is 0 Å². The van der Waals surface area contributed by atoms with Gasteiger partial charge in [0.25, 0.3) is 5.22 Å². The number of carbonyl (C=O) groups is 1. The second-order valence-electron chi connectivity index (χ2n) is 6.63. The van der Waals surface area contributed by atoms with Crippen LogP contribution in [0.2, 0.25) is 0 Å². The fourth-order valence-electron chi connectivity index (χ4n) is 2.91. The Morgan fingerprint density at radius 1 is 1.14 bits per heavy atom. The average molecular weight is 395 g/mol. The van der Waals surface area contributed by atoms with Gasteiger partial charge in [-0.1, -0.05) is 42.1 Å². The molecule has 0 N–H and O–H groups in total. The zero-order valence-corrected chi connectivity index (χ0v) is 16.4. The predicted octanol–water partition coefficient (Wildman–Crippen LogP) is 4.03. The van der Waals surface area contributed by atoms with Gasteiger partial charge in [-0.05, 0) is 42.7 Å². The molecular formula is C21H21N3O3S. The molecule has 1 aliphatic rings. The van der Waals surface area contributed by atoms with E-state index in [1.54, 1.807) is 7.11 Å². The zero-order valence-electron chi connectivity index (χ0n) is 15.6. The molecule has 1 heterocycles. The Balaban J connectivity index is 1.36. The topological polar surface area (TPSA) is 68.5 Å². The Hall–Kier alpha value is -2.80. The van der Waals surface area contributed by atoms with Crippen LogP contribution in [0.4, 0.5) is 0 Å². The number of ether oxygens (including phenoxy) is 1. The van der Waals surface area contributed by atoms with Crippen LogP contribution < -0.4 is 4.74 Å². The Kier molecular flexibility index (Phi) is 5.62. The molecule has 0 unspecified atom stereocenters. The summed E-state index contributed by atoms with van der Waals surface area (Å²) >= 11 is 1.28. The van der Waals surface area contributed by atoms with Gasteiger partial charge in [-0.2, -0.15) is 0 Å². The van der Waals surface area contributed by atoms with E-state index in [0.717, 1.165) is 29.7 Å². The summed E-state index contributed by atoms with van der Waals surface area (Å²) in [7, 11) is 1.65. The van der Waals surface area contributed by atoms with E-state index in [9.17, 15) is 4.79 Å². The van der Waals surface area contributed by atoms with Gasteiger partial charge >= 0.3 is 0 Å². The fourth-order valence-corrected chi connectivity index (χ4v) is 3.56. The number of amides is 1. The van der Waals surface area contributed by atoms with Crippen LogP contribution in [0.5, 0.6) is 5.75 Å². The van der Waals surface area contributed by atoms with Crippen molar-refractivity contribution in [3.8, 4) is 17.2 Å². The van der Waals surface area contributed by atoms with Crippen molar-refractivity contribution in [3.63, 3.8) is 0 Å². The quantitative estimate of drug-likeness (QED) is 0.537. The number of hydrogen-bond donors (Lipinski definition) is 0. The molecule has 0 saturated heterocycles. The van der Waals surface area contributed by atoms with Crippen LogP contribution in [0.15, 0.2) is 64.2 Å². The Morgan fingerprint density at radius 2 is 1.89 bits per heavy atom. The summed E-state index contributed by atoms with van der Waals surface area (Å²) in [6.45, 7) is 0.604. The van der Waals surface area contributed by atoms with Crippen LogP contribution in [-0.2, 0) is 11.3 Å². The number of nitrogens with zero attached hydrogens (tertiary/aromatic N) is 3. The van der Waals surface area contributed by atoms with Crippen LogP contribution in [0.1, 0.15) is 18.4 Å². The molecule has 6 nitrogen and oxygen atoms in total. The van der Waals surface area contributed by atoms with Gasteiger partial charge in [0.15, 0.2) is 0 Å². The van der Waals surface area contributed by atoms with Gasteiger partial charge in [0.1, 0.15) is 5.75 Å². The molecule has 0 spiro atoms. The molecule has 0 aliphatic heterocycles. The molecule has 2 aromatic carbocycles. The summed E-state index contributed by atoms with van der Waals surface area (Å²) in [6, 6.07) is 17.8. The highest BCUT2D eigenvalue weighted by atomic mass is 32.2. The second-order valence-corrected chi connectivity index (χ2v) is 7.56. The van der Waals surface area contributed by atoms with Gasteiger partial charge in [-0.15, -0.1) is 10.2 Å². The van der Waals surface area contributed by atoms with E-state index >= 15 is 0 Å². The summed E-state index contributed by atoms with van der Waals surface area (Å²) in [4.78, 5) is 14.7. The molecule has 1 fully saturated rings. The molecule has 0 radical (unpaired) electrons. The minimum Gasteiger partial charge on any atom is -0.497 e. The minimum atomic E-state index is 0.0859. The van der Waals surface area contributed by atoms with Gasteiger partial charge in [-0.3, -0.25) is 4.79 Å². The number of carbonyl (C=O) groups excluding carboxylic acids is 1. The normalized spacial score (nSPS) is 13.3. The summed E-state index contributed by atoms with van der Waals surface area (Å²) in [5.74, 6) is 1.65. The van der Waals surface area contributed by atoms with Crippen LogP contribution in [0.3, 0.4) is 0 Å². The van der Waals surface area contributed by atoms with Crippen LogP contribution in [-0.4, -0.2) is 39.9 Å². The van der Waals surface area contributed by atoms with Gasteiger partial charge < -0.3 is 14.1 Å². The summed E-state index contributed by atoms with van der Waals surface area (Å²) in [6.07, 6.45) is 2.12. The molecule has 4 rings (SSSR count). The molecule has 1 amide bonds. The van der Waals surface area contributed by atoms with Crippen molar-refractivity contribution in [2.45, 2.75) is 30.7 Å². The monoisotopic (exact) mass is 395 g/mol. The van der Waals surface area contributed by atoms with Crippen molar-refractivity contribution in [3.05, 3.63) is 60.2 Å². The number of hydrogen-bond acceptors (Lipinski definition) is 6. The minimum absolute atomic E-state index is 0.0859. The average Bonchev–Trinajstić information content (AvgIpc) is 3.48. The lowest BCUT2D eigenvalue weighted by molar-refractivity contribution is -0.129. The first-order valence-electron chi connectivity index (χ1n) is 9.17. The highest BCUT2D eigenvalue weighted by molar-refractivity contribution is 7.99. The lowest BCUT2D eigenvalue weighted by Crippen LogP contribution is -2.33. The second kappa shape index (κ2) is 8.48. The largest absolute Gasteiger partial charge is 0.497 e. The fraction of sp³-hybridized carbons (Fsp3) is 0.286. The number of thioether (sulfide) groups is 1. The van der Waals surface area contributed by atoms with Crippen LogP contribution in [0, 0.1) is 0 Å². The molecule has 0 atom stereocenters.